The minimum atomic E-state index is -0.0474. The molecule has 0 fully saturated rings. The van der Waals surface area contributed by atoms with Crippen LogP contribution in [-0.4, -0.2) is 34.7 Å². The van der Waals surface area contributed by atoms with Crippen molar-refractivity contribution in [1.82, 2.24) is 20.4 Å². The molecular weight excluding hydrogens is 372 g/mol. The lowest BCUT2D eigenvalue weighted by Crippen LogP contribution is -2.39. The summed E-state index contributed by atoms with van der Waals surface area (Å²) in [6.07, 6.45) is 3.63. The summed E-state index contributed by atoms with van der Waals surface area (Å²) < 4.78 is 5.30. The zero-order chi connectivity index (χ0) is 19.8. The first-order valence-electron chi connectivity index (χ1n) is 9.57. The minimum Gasteiger partial charge on any atom is -0.339 e. The summed E-state index contributed by atoms with van der Waals surface area (Å²) >= 11 is 1.60. The number of aromatic nitrogens is 2. The van der Waals surface area contributed by atoms with Gasteiger partial charge in [0.15, 0.2) is 0 Å². The highest BCUT2D eigenvalue weighted by Crippen LogP contribution is 2.21. The molecule has 6 nitrogen and oxygen atoms in total. The second kappa shape index (κ2) is 10.0. The van der Waals surface area contributed by atoms with E-state index in [4.69, 9.17) is 4.52 Å². The van der Waals surface area contributed by atoms with Crippen LogP contribution in [0.15, 0.2) is 52.4 Å². The van der Waals surface area contributed by atoms with E-state index >= 15 is 0 Å². The molecule has 0 aliphatic heterocycles. The Morgan fingerprint density at radius 1 is 1.18 bits per heavy atom. The van der Waals surface area contributed by atoms with E-state index in [2.05, 4.69) is 15.5 Å². The first-order chi connectivity index (χ1) is 13.6. The largest absolute Gasteiger partial charge is 0.339 e. The molecule has 28 heavy (non-hydrogen) atoms. The molecule has 0 aliphatic rings. The number of amides is 2. The molecule has 0 saturated heterocycles. The SMILES string of the molecule is C[C@@H](c1ccccc1)N(C)C(=O)NCCCCCc1nc(-c2cccs2)no1. The maximum absolute atomic E-state index is 12.3. The number of hydrogen-bond donors (Lipinski definition) is 1. The molecule has 0 radical (unpaired) electrons. The first-order valence-corrected chi connectivity index (χ1v) is 10.4. The van der Waals surface area contributed by atoms with Crippen molar-refractivity contribution in [3.63, 3.8) is 0 Å². The predicted molar refractivity (Wildman–Crippen MR) is 111 cm³/mol. The number of carbonyl (C=O) groups excluding carboxylic acids is 1. The lowest BCUT2D eigenvalue weighted by molar-refractivity contribution is 0.194. The number of nitrogens with zero attached hydrogens (tertiary/aromatic N) is 3. The molecule has 1 aromatic carbocycles. The van der Waals surface area contributed by atoms with E-state index in [-0.39, 0.29) is 12.1 Å². The summed E-state index contributed by atoms with van der Waals surface area (Å²) in [5, 5.41) is 9.01. The van der Waals surface area contributed by atoms with Gasteiger partial charge in [0.25, 0.3) is 0 Å². The molecule has 3 rings (SSSR count). The highest BCUT2D eigenvalue weighted by molar-refractivity contribution is 7.13. The first kappa shape index (κ1) is 20.1. The third-order valence-electron chi connectivity index (χ3n) is 4.74. The second-order valence-electron chi connectivity index (χ2n) is 6.73. The van der Waals surface area contributed by atoms with Gasteiger partial charge < -0.3 is 14.7 Å². The Kier molecular flexibility index (Phi) is 7.19. The maximum atomic E-state index is 12.3. The van der Waals surface area contributed by atoms with Crippen LogP contribution in [0.25, 0.3) is 10.7 Å². The van der Waals surface area contributed by atoms with Crippen LogP contribution >= 0.6 is 11.3 Å². The fraction of sp³-hybridized carbons (Fsp3) is 0.381. The Labute approximate surface area is 169 Å². The molecule has 2 amide bonds. The number of benzene rings is 1. The highest BCUT2D eigenvalue weighted by Gasteiger charge is 2.16. The van der Waals surface area contributed by atoms with Crippen molar-refractivity contribution in [3.05, 3.63) is 59.3 Å². The van der Waals surface area contributed by atoms with Gasteiger partial charge in [0.2, 0.25) is 11.7 Å². The zero-order valence-electron chi connectivity index (χ0n) is 16.3. The van der Waals surface area contributed by atoms with Gasteiger partial charge >= 0.3 is 6.03 Å². The van der Waals surface area contributed by atoms with Crippen LogP contribution in [0.4, 0.5) is 4.79 Å². The lowest BCUT2D eigenvalue weighted by Gasteiger charge is -2.25. The Morgan fingerprint density at radius 2 is 2.00 bits per heavy atom. The van der Waals surface area contributed by atoms with Crippen LogP contribution in [0.5, 0.6) is 0 Å². The van der Waals surface area contributed by atoms with Crippen LogP contribution in [0.2, 0.25) is 0 Å². The molecule has 3 aromatic rings. The molecule has 148 valence electrons. The maximum Gasteiger partial charge on any atom is 0.317 e. The molecule has 1 N–H and O–H groups in total. The van der Waals surface area contributed by atoms with Crippen molar-refractivity contribution >= 4 is 17.4 Å². The number of aryl methyl sites for hydroxylation is 1. The Bertz CT molecular complexity index is 848. The van der Waals surface area contributed by atoms with Gasteiger partial charge in [-0.2, -0.15) is 4.98 Å². The highest BCUT2D eigenvalue weighted by atomic mass is 32.1. The van der Waals surface area contributed by atoms with E-state index in [1.165, 1.54) is 0 Å². The third kappa shape index (κ3) is 5.42. The summed E-state index contributed by atoms with van der Waals surface area (Å²) in [6, 6.07) is 14.0. The number of thiophene rings is 1. The van der Waals surface area contributed by atoms with Crippen molar-refractivity contribution in [2.75, 3.05) is 13.6 Å². The second-order valence-corrected chi connectivity index (χ2v) is 7.68. The zero-order valence-corrected chi connectivity index (χ0v) is 17.1. The lowest BCUT2D eigenvalue weighted by atomic mass is 10.1. The quantitative estimate of drug-likeness (QED) is 0.520. The molecule has 0 bridgehead atoms. The number of unbranched alkanes of at least 4 members (excludes halogenated alkanes) is 2. The van der Waals surface area contributed by atoms with E-state index in [1.807, 2.05) is 61.8 Å². The van der Waals surface area contributed by atoms with Gasteiger partial charge in [0.1, 0.15) is 0 Å². The van der Waals surface area contributed by atoms with Gasteiger partial charge in [-0.05, 0) is 36.8 Å². The van der Waals surface area contributed by atoms with E-state index in [9.17, 15) is 4.79 Å². The summed E-state index contributed by atoms with van der Waals surface area (Å²) in [7, 11) is 1.83. The smallest absolute Gasteiger partial charge is 0.317 e. The molecule has 7 heteroatoms. The van der Waals surface area contributed by atoms with Crippen LogP contribution in [0.1, 0.15) is 43.7 Å². The normalized spacial score (nSPS) is 11.9. The fourth-order valence-electron chi connectivity index (χ4n) is 2.89. The third-order valence-corrected chi connectivity index (χ3v) is 5.60. The van der Waals surface area contributed by atoms with E-state index in [0.717, 1.165) is 36.1 Å². The molecule has 0 saturated carbocycles. The summed E-state index contributed by atoms with van der Waals surface area (Å²) in [6.45, 7) is 2.69. The average molecular weight is 399 g/mol. The van der Waals surface area contributed by atoms with Crippen molar-refractivity contribution < 1.29 is 9.32 Å². The molecule has 2 aromatic heterocycles. The standard InChI is InChI=1S/C21H26N4O2S/c1-16(17-10-5-3-6-11-17)25(2)21(26)22-14-8-4-7-13-19-23-20(24-27-19)18-12-9-15-28-18/h3,5-6,9-12,15-16H,4,7-8,13-14H2,1-2H3,(H,22,26)/t16-/m0/s1. The van der Waals surface area contributed by atoms with Gasteiger partial charge in [-0.1, -0.05) is 48.0 Å². The van der Waals surface area contributed by atoms with E-state index in [1.54, 1.807) is 16.2 Å². The molecule has 0 unspecified atom stereocenters. The summed E-state index contributed by atoms with van der Waals surface area (Å²) in [4.78, 5) is 19.5. The molecular formula is C21H26N4O2S. The van der Waals surface area contributed by atoms with Crippen molar-refractivity contribution in [2.45, 2.75) is 38.6 Å². The van der Waals surface area contributed by atoms with Crippen LogP contribution < -0.4 is 5.32 Å². The number of carbonyl (C=O) groups is 1. The monoisotopic (exact) mass is 398 g/mol. The fourth-order valence-corrected chi connectivity index (χ4v) is 3.54. The van der Waals surface area contributed by atoms with Crippen LogP contribution in [-0.2, 0) is 6.42 Å². The van der Waals surface area contributed by atoms with E-state index in [0.29, 0.717) is 18.3 Å². The number of nitrogens with one attached hydrogen (secondary N) is 1. The number of hydrogen-bond acceptors (Lipinski definition) is 5. The summed E-state index contributed by atoms with van der Waals surface area (Å²) in [5.74, 6) is 1.33. The Hall–Kier alpha value is -2.67. The topological polar surface area (TPSA) is 71.3 Å². The Balaban J connectivity index is 1.32. The van der Waals surface area contributed by atoms with E-state index < -0.39 is 0 Å². The predicted octanol–water partition coefficient (Wildman–Crippen LogP) is 4.91. The van der Waals surface area contributed by atoms with Crippen molar-refractivity contribution in [3.8, 4) is 10.7 Å². The van der Waals surface area contributed by atoms with Crippen molar-refractivity contribution in [1.29, 1.82) is 0 Å². The van der Waals surface area contributed by atoms with Gasteiger partial charge in [-0.15, -0.1) is 11.3 Å². The average Bonchev–Trinajstić information content (AvgIpc) is 3.41. The molecule has 0 spiro atoms. The summed E-state index contributed by atoms with van der Waals surface area (Å²) in [5.41, 5.74) is 1.13. The van der Waals surface area contributed by atoms with Gasteiger partial charge in [-0.25, -0.2) is 4.79 Å². The van der Waals surface area contributed by atoms with Gasteiger partial charge in [0.05, 0.1) is 10.9 Å². The van der Waals surface area contributed by atoms with Crippen LogP contribution in [0.3, 0.4) is 0 Å². The number of urea groups is 1. The van der Waals surface area contributed by atoms with Crippen LogP contribution in [0, 0.1) is 0 Å². The number of rotatable bonds is 9. The molecule has 0 aliphatic carbocycles. The minimum absolute atomic E-state index is 0.0382. The van der Waals surface area contributed by atoms with Gasteiger partial charge in [0, 0.05) is 20.0 Å². The molecule has 2 heterocycles. The van der Waals surface area contributed by atoms with Crippen molar-refractivity contribution in [2.24, 2.45) is 0 Å². The molecule has 1 atom stereocenters. The Morgan fingerprint density at radius 3 is 2.75 bits per heavy atom. The van der Waals surface area contributed by atoms with Gasteiger partial charge in [-0.3, -0.25) is 0 Å².